The Kier molecular flexibility index (Phi) is 6.92. The Morgan fingerprint density at radius 3 is 2.52 bits per heavy atom. The molecule has 0 unspecified atom stereocenters. The zero-order valence-electron chi connectivity index (χ0n) is 19.1. The summed E-state index contributed by atoms with van der Waals surface area (Å²) in [6.07, 6.45) is 4.30. The molecule has 0 aliphatic heterocycles. The molecule has 33 heavy (non-hydrogen) atoms. The lowest BCUT2D eigenvalue weighted by molar-refractivity contribution is 0.554. The molecule has 4 rings (SSSR count). The Labute approximate surface area is 193 Å². The fourth-order valence-corrected chi connectivity index (χ4v) is 3.79. The molecule has 8 heteroatoms. The van der Waals surface area contributed by atoms with Crippen LogP contribution >= 0.6 is 0 Å². The van der Waals surface area contributed by atoms with Gasteiger partial charge in [0.05, 0.1) is 6.54 Å². The van der Waals surface area contributed by atoms with Gasteiger partial charge in [0.25, 0.3) is 0 Å². The van der Waals surface area contributed by atoms with Crippen molar-refractivity contribution in [2.75, 3.05) is 0 Å². The maximum Gasteiger partial charge on any atom is 0.346 e. The number of hydrogen-bond acceptors (Lipinski definition) is 5. The highest BCUT2D eigenvalue weighted by atomic mass is 16.2. The number of aryl methyl sites for hydroxylation is 2. The summed E-state index contributed by atoms with van der Waals surface area (Å²) in [6.45, 7) is 9.17. The van der Waals surface area contributed by atoms with Crippen LogP contribution in [0.5, 0.6) is 0 Å². The van der Waals surface area contributed by atoms with E-state index in [-0.39, 0.29) is 5.69 Å². The topological polar surface area (TPSA) is 94.3 Å². The molecule has 0 saturated heterocycles. The zero-order chi connectivity index (χ0) is 23.2. The van der Waals surface area contributed by atoms with E-state index in [1.807, 2.05) is 30.3 Å². The van der Waals surface area contributed by atoms with Gasteiger partial charge in [-0.3, -0.25) is 4.57 Å². The van der Waals surface area contributed by atoms with Gasteiger partial charge in [0.15, 0.2) is 5.82 Å². The summed E-state index contributed by atoms with van der Waals surface area (Å²) in [7, 11) is 0. The van der Waals surface area contributed by atoms with E-state index in [0.717, 1.165) is 47.3 Å². The fourth-order valence-electron chi connectivity index (χ4n) is 3.79. The third-order valence-corrected chi connectivity index (χ3v) is 5.62. The molecule has 8 nitrogen and oxygen atoms in total. The van der Waals surface area contributed by atoms with Crippen LogP contribution in [0.3, 0.4) is 0 Å². The van der Waals surface area contributed by atoms with Gasteiger partial charge in [-0.1, -0.05) is 68.5 Å². The van der Waals surface area contributed by atoms with Crippen LogP contribution in [0.15, 0.2) is 66.0 Å². The quantitative estimate of drug-likeness (QED) is 0.372. The van der Waals surface area contributed by atoms with E-state index in [0.29, 0.717) is 24.8 Å². The summed E-state index contributed by atoms with van der Waals surface area (Å²) in [6, 6.07) is 16.3. The fraction of sp³-hybridized carbons (Fsp3) is 0.320. The first kappa shape index (κ1) is 22.4. The van der Waals surface area contributed by atoms with Gasteiger partial charge in [-0.15, -0.1) is 11.7 Å². The molecule has 0 atom stereocenters. The predicted molar refractivity (Wildman–Crippen MR) is 129 cm³/mol. The monoisotopic (exact) mass is 443 g/mol. The van der Waals surface area contributed by atoms with Crippen molar-refractivity contribution in [2.24, 2.45) is 5.92 Å². The molecule has 1 N–H and O–H groups in total. The van der Waals surface area contributed by atoms with Crippen LogP contribution in [0.1, 0.15) is 38.1 Å². The first-order valence-corrected chi connectivity index (χ1v) is 11.3. The molecule has 0 spiro atoms. The van der Waals surface area contributed by atoms with Crippen molar-refractivity contribution in [1.82, 2.24) is 35.0 Å². The Morgan fingerprint density at radius 1 is 1.09 bits per heavy atom. The number of aromatic amines is 1. The van der Waals surface area contributed by atoms with Gasteiger partial charge in [-0.25, -0.2) is 14.6 Å². The third kappa shape index (κ3) is 5.16. The number of benzene rings is 2. The molecule has 0 radical (unpaired) electrons. The van der Waals surface area contributed by atoms with Gasteiger partial charge < -0.3 is 0 Å². The second-order valence-electron chi connectivity index (χ2n) is 8.51. The van der Waals surface area contributed by atoms with Gasteiger partial charge in [-0.05, 0) is 45.9 Å². The molecule has 0 bridgehead atoms. The van der Waals surface area contributed by atoms with E-state index < -0.39 is 0 Å². The van der Waals surface area contributed by atoms with Crippen molar-refractivity contribution in [3.05, 3.63) is 83.1 Å². The van der Waals surface area contributed by atoms with E-state index in [1.165, 1.54) is 0 Å². The summed E-state index contributed by atoms with van der Waals surface area (Å²) in [4.78, 5) is 13.0. The Bertz CT molecular complexity index is 1250. The van der Waals surface area contributed by atoms with Crippen molar-refractivity contribution in [2.45, 2.75) is 46.2 Å². The minimum atomic E-state index is -0.0668. The lowest BCUT2D eigenvalue weighted by Gasteiger charge is -2.10. The first-order valence-electron chi connectivity index (χ1n) is 11.3. The van der Waals surface area contributed by atoms with Crippen molar-refractivity contribution in [3.63, 3.8) is 0 Å². The first-order chi connectivity index (χ1) is 16.1. The second-order valence-corrected chi connectivity index (χ2v) is 8.51. The molecule has 0 aliphatic carbocycles. The molecule has 2 aromatic carbocycles. The number of tetrazole rings is 1. The maximum atomic E-state index is 13.0. The highest BCUT2D eigenvalue weighted by Gasteiger charge is 2.15. The minimum Gasteiger partial charge on any atom is -0.274 e. The van der Waals surface area contributed by atoms with Crippen LogP contribution in [0.4, 0.5) is 0 Å². The molecule has 2 aromatic heterocycles. The molecular weight excluding hydrogens is 414 g/mol. The Balaban J connectivity index is 1.61. The second kappa shape index (κ2) is 10.2. The van der Waals surface area contributed by atoms with Gasteiger partial charge in [0.1, 0.15) is 5.82 Å². The van der Waals surface area contributed by atoms with Crippen LogP contribution in [-0.2, 0) is 19.5 Å². The van der Waals surface area contributed by atoms with E-state index >= 15 is 0 Å². The van der Waals surface area contributed by atoms with Gasteiger partial charge in [0, 0.05) is 18.5 Å². The molecule has 0 saturated carbocycles. The molecule has 0 fully saturated rings. The number of nitrogens with zero attached hydrogens (tertiary/aromatic N) is 6. The molecule has 170 valence electrons. The lowest BCUT2D eigenvalue weighted by Crippen LogP contribution is -2.26. The predicted octanol–water partition coefficient (Wildman–Crippen LogP) is 4.10. The van der Waals surface area contributed by atoms with Crippen molar-refractivity contribution in [3.8, 4) is 22.5 Å². The van der Waals surface area contributed by atoms with Gasteiger partial charge in [-0.2, -0.15) is 5.10 Å². The summed E-state index contributed by atoms with van der Waals surface area (Å²) in [5.74, 6) is 2.01. The largest absolute Gasteiger partial charge is 0.346 e. The Hall–Kier alpha value is -3.81. The molecular formula is C25H29N7O. The highest BCUT2D eigenvalue weighted by molar-refractivity contribution is 5.80. The van der Waals surface area contributed by atoms with E-state index in [4.69, 9.17) is 0 Å². The molecule has 2 heterocycles. The molecule has 4 aromatic rings. The number of nitrogens with one attached hydrogen (secondary N) is 1. The zero-order valence-corrected chi connectivity index (χ0v) is 19.1. The van der Waals surface area contributed by atoms with E-state index in [2.05, 4.69) is 70.4 Å². The van der Waals surface area contributed by atoms with Gasteiger partial charge in [0.2, 0.25) is 0 Å². The van der Waals surface area contributed by atoms with E-state index in [9.17, 15) is 4.79 Å². The summed E-state index contributed by atoms with van der Waals surface area (Å²) >= 11 is 0. The average Bonchev–Trinajstić information content (AvgIpc) is 3.46. The van der Waals surface area contributed by atoms with Crippen molar-refractivity contribution >= 4 is 0 Å². The summed E-state index contributed by atoms with van der Waals surface area (Å²) in [5.41, 5.74) is 4.01. The van der Waals surface area contributed by atoms with E-state index in [1.54, 1.807) is 9.25 Å². The maximum absolute atomic E-state index is 13.0. The average molecular weight is 444 g/mol. The number of allylic oxidation sites excluding steroid dienone is 1. The lowest BCUT2D eigenvalue weighted by atomic mass is 9.98. The van der Waals surface area contributed by atoms with Crippen molar-refractivity contribution < 1.29 is 0 Å². The highest BCUT2D eigenvalue weighted by Crippen LogP contribution is 2.29. The number of hydrogen-bond donors (Lipinski definition) is 1. The number of H-pyrrole nitrogens is 1. The van der Waals surface area contributed by atoms with Crippen LogP contribution in [0.2, 0.25) is 0 Å². The Morgan fingerprint density at radius 2 is 1.85 bits per heavy atom. The normalized spacial score (nSPS) is 11.2. The van der Waals surface area contributed by atoms with Crippen LogP contribution < -0.4 is 5.69 Å². The van der Waals surface area contributed by atoms with Crippen molar-refractivity contribution in [1.29, 1.82) is 0 Å². The van der Waals surface area contributed by atoms with Gasteiger partial charge >= 0.3 is 5.69 Å². The number of rotatable bonds is 10. The standard InChI is InChI=1S/C25H29N7O/c1-4-5-16-32-25(33)31(23(28-32)15-10-18(2)3)17-19-11-13-20(14-12-19)21-8-6-7-9-22(21)24-26-29-30-27-24/h4,6-9,11-14,18H,1,5,10,15-17H2,2-3H3,(H,26,27,29,30). The molecule has 0 amide bonds. The smallest absolute Gasteiger partial charge is 0.274 e. The van der Waals surface area contributed by atoms with Crippen LogP contribution in [0.25, 0.3) is 22.5 Å². The SMILES string of the molecule is C=CCCn1nc(CCC(C)C)n(Cc2ccc(-c3ccccc3-c3nnn[nH]3)cc2)c1=O. The molecule has 0 aliphatic rings. The summed E-state index contributed by atoms with van der Waals surface area (Å²) in [5, 5.41) is 18.9. The van der Waals surface area contributed by atoms with Crippen LogP contribution in [-0.4, -0.2) is 35.0 Å². The van der Waals surface area contributed by atoms with Crippen LogP contribution in [0, 0.1) is 5.92 Å². The number of aromatic nitrogens is 7. The minimum absolute atomic E-state index is 0.0668. The third-order valence-electron chi connectivity index (χ3n) is 5.62. The summed E-state index contributed by atoms with van der Waals surface area (Å²) < 4.78 is 3.36.